The van der Waals surface area contributed by atoms with Crippen molar-refractivity contribution in [2.24, 2.45) is 0 Å². The monoisotopic (exact) mass is 580 g/mol. The predicted octanol–water partition coefficient (Wildman–Crippen LogP) is 4.12. The van der Waals surface area contributed by atoms with Gasteiger partial charge in [-0.1, -0.05) is 34.1 Å². The van der Waals surface area contributed by atoms with Crippen LogP contribution in [0.3, 0.4) is 0 Å². The van der Waals surface area contributed by atoms with Crippen LogP contribution in [0.5, 0.6) is 0 Å². The summed E-state index contributed by atoms with van der Waals surface area (Å²) in [6.07, 6.45) is 4.09. The van der Waals surface area contributed by atoms with Crippen LogP contribution in [0.1, 0.15) is 39.4 Å². The van der Waals surface area contributed by atoms with E-state index in [1.165, 1.54) is 0 Å². The molecule has 2 amide bonds. The molecule has 0 spiro atoms. The zero-order chi connectivity index (χ0) is 27.3. The fourth-order valence-corrected chi connectivity index (χ4v) is 4.28. The molecule has 8 nitrogen and oxygen atoms in total. The van der Waals surface area contributed by atoms with Crippen molar-refractivity contribution in [2.75, 3.05) is 6.54 Å². The van der Waals surface area contributed by atoms with E-state index in [2.05, 4.69) is 42.6 Å². The Kier molecular flexibility index (Phi) is 8.74. The van der Waals surface area contributed by atoms with Crippen LogP contribution in [0.4, 0.5) is 13.2 Å². The van der Waals surface area contributed by atoms with Gasteiger partial charge in [0.05, 0.1) is 11.1 Å². The number of amides is 2. The second-order valence-electron chi connectivity index (χ2n) is 8.26. The number of allylic oxidation sites excluding steroid dienone is 3. The highest BCUT2D eigenvalue weighted by Crippen LogP contribution is 2.33. The number of carbonyl (C=O) groups excluding carboxylic acids is 2. The number of rotatable bonds is 5. The van der Waals surface area contributed by atoms with E-state index in [0.717, 1.165) is 40.3 Å². The van der Waals surface area contributed by atoms with Crippen LogP contribution in [-0.2, 0) is 16.0 Å². The van der Waals surface area contributed by atoms with E-state index < -0.39 is 12.1 Å². The number of carbonyl (C=O) groups is 3. The molecular formula is C25H24BrF3N4O4. The maximum Gasteiger partial charge on any atom is 0.490 e. The molecule has 2 aliphatic rings. The molecule has 0 radical (unpaired) electrons. The van der Waals surface area contributed by atoms with Crippen molar-refractivity contribution in [3.63, 3.8) is 0 Å². The molecule has 4 rings (SSSR count). The number of nitrogens with zero attached hydrogens (tertiary/aromatic N) is 1. The van der Waals surface area contributed by atoms with Gasteiger partial charge in [-0.25, -0.2) is 4.79 Å². The van der Waals surface area contributed by atoms with Crippen molar-refractivity contribution in [1.29, 1.82) is 0 Å². The van der Waals surface area contributed by atoms with Crippen molar-refractivity contribution >= 4 is 39.8 Å². The molecule has 2 aromatic heterocycles. The highest BCUT2D eigenvalue weighted by atomic mass is 79.9. The van der Waals surface area contributed by atoms with E-state index in [1.54, 1.807) is 6.20 Å². The lowest BCUT2D eigenvalue weighted by atomic mass is 9.98. The first-order valence-electron chi connectivity index (χ1n) is 11.2. The van der Waals surface area contributed by atoms with E-state index in [9.17, 15) is 22.8 Å². The third-order valence-corrected chi connectivity index (χ3v) is 6.23. The van der Waals surface area contributed by atoms with Crippen molar-refractivity contribution in [3.05, 3.63) is 81.6 Å². The van der Waals surface area contributed by atoms with Crippen LogP contribution in [0.15, 0.2) is 53.4 Å². The fraction of sp³-hybridized carbons (Fsp3) is 0.280. The molecule has 1 fully saturated rings. The Morgan fingerprint density at radius 3 is 2.62 bits per heavy atom. The summed E-state index contributed by atoms with van der Waals surface area (Å²) < 4.78 is 31.7. The second kappa shape index (κ2) is 11.6. The molecule has 37 heavy (non-hydrogen) atoms. The molecule has 1 unspecified atom stereocenters. The lowest BCUT2D eigenvalue weighted by Crippen LogP contribution is -2.26. The highest BCUT2D eigenvalue weighted by molar-refractivity contribution is 9.09. The number of alkyl halides is 4. The molecule has 196 valence electrons. The van der Waals surface area contributed by atoms with E-state index in [0.29, 0.717) is 24.1 Å². The quantitative estimate of drug-likeness (QED) is 0.313. The first kappa shape index (κ1) is 27.9. The number of carboxylic acid groups (broad SMARTS) is 1. The largest absolute Gasteiger partial charge is 0.490 e. The van der Waals surface area contributed by atoms with Gasteiger partial charge in [-0.05, 0) is 44.0 Å². The topological polar surface area (TPSA) is 124 Å². The molecular weight excluding hydrogens is 557 g/mol. The maximum atomic E-state index is 12.8. The second-order valence-corrected chi connectivity index (χ2v) is 9.43. The Morgan fingerprint density at radius 1 is 1.30 bits per heavy atom. The van der Waals surface area contributed by atoms with Gasteiger partial charge in [-0.2, -0.15) is 13.2 Å². The summed E-state index contributed by atoms with van der Waals surface area (Å²) in [7, 11) is 0. The van der Waals surface area contributed by atoms with Crippen molar-refractivity contribution in [1.82, 2.24) is 20.6 Å². The Bertz CT molecular complexity index is 1300. The minimum atomic E-state index is -5.08. The minimum Gasteiger partial charge on any atom is -0.475 e. The Morgan fingerprint density at radius 2 is 2.00 bits per heavy atom. The van der Waals surface area contributed by atoms with Crippen LogP contribution in [0, 0.1) is 13.8 Å². The van der Waals surface area contributed by atoms with Gasteiger partial charge in [0, 0.05) is 52.3 Å². The van der Waals surface area contributed by atoms with Gasteiger partial charge in [-0.15, -0.1) is 0 Å². The number of nitrogens with one attached hydrogen (secondary N) is 3. The van der Waals surface area contributed by atoms with E-state index in [-0.39, 0.29) is 16.6 Å². The Hall–Kier alpha value is -3.67. The number of aliphatic carboxylic acids is 1. The number of aryl methyl sites for hydroxylation is 1. The number of H-pyrrole nitrogens is 1. The number of carboxylic acids is 1. The number of hydrogen-bond donors (Lipinski definition) is 4. The maximum absolute atomic E-state index is 12.8. The third kappa shape index (κ3) is 6.97. The molecule has 1 atom stereocenters. The SMILES string of the molecule is Cc1[nH]c(/C=C2\C(=O)NC3=CCC(Br)C=C32)c(C)c1C(=O)NCCc1ccccn1.O=C(O)C(F)(F)F. The Balaban J connectivity index is 0.000000479. The number of aromatic amines is 1. The van der Waals surface area contributed by atoms with E-state index >= 15 is 0 Å². The molecule has 3 heterocycles. The zero-order valence-electron chi connectivity index (χ0n) is 19.9. The van der Waals surface area contributed by atoms with E-state index in [4.69, 9.17) is 9.90 Å². The molecule has 1 saturated heterocycles. The van der Waals surface area contributed by atoms with Gasteiger partial charge >= 0.3 is 12.1 Å². The van der Waals surface area contributed by atoms with Crippen LogP contribution in [0.25, 0.3) is 6.08 Å². The summed E-state index contributed by atoms with van der Waals surface area (Å²) in [5, 5.41) is 13.0. The smallest absolute Gasteiger partial charge is 0.475 e. The average molecular weight is 581 g/mol. The molecule has 0 saturated carbocycles. The van der Waals surface area contributed by atoms with Crippen LogP contribution in [0.2, 0.25) is 0 Å². The lowest BCUT2D eigenvalue weighted by molar-refractivity contribution is -0.192. The highest BCUT2D eigenvalue weighted by Gasteiger charge is 2.38. The van der Waals surface area contributed by atoms with Crippen molar-refractivity contribution in [2.45, 2.75) is 37.7 Å². The number of halogens is 4. The van der Waals surface area contributed by atoms with Gasteiger partial charge in [-0.3, -0.25) is 14.6 Å². The fourth-order valence-electron chi connectivity index (χ4n) is 3.83. The number of pyridine rings is 1. The summed E-state index contributed by atoms with van der Waals surface area (Å²) in [5.74, 6) is -3.01. The Labute approximate surface area is 218 Å². The van der Waals surface area contributed by atoms with Crippen LogP contribution >= 0.6 is 15.9 Å². The van der Waals surface area contributed by atoms with Crippen LogP contribution < -0.4 is 10.6 Å². The molecule has 0 aromatic carbocycles. The van der Waals surface area contributed by atoms with E-state index in [1.807, 2.05) is 44.2 Å². The molecule has 0 bridgehead atoms. The van der Waals surface area contributed by atoms with Crippen molar-refractivity contribution in [3.8, 4) is 0 Å². The normalized spacial score (nSPS) is 17.7. The number of fused-ring (bicyclic) bond motifs is 1. The summed E-state index contributed by atoms with van der Waals surface area (Å²) >= 11 is 3.60. The molecule has 1 aliphatic carbocycles. The van der Waals surface area contributed by atoms with Crippen LogP contribution in [-0.4, -0.2) is 50.4 Å². The molecule has 12 heteroatoms. The van der Waals surface area contributed by atoms with Gasteiger partial charge in [0.25, 0.3) is 11.8 Å². The van der Waals surface area contributed by atoms with Gasteiger partial charge in [0.1, 0.15) is 0 Å². The summed E-state index contributed by atoms with van der Waals surface area (Å²) in [4.78, 5) is 41.9. The molecule has 4 N–H and O–H groups in total. The van der Waals surface area contributed by atoms with Gasteiger partial charge < -0.3 is 20.7 Å². The predicted molar refractivity (Wildman–Crippen MR) is 134 cm³/mol. The third-order valence-electron chi connectivity index (χ3n) is 5.60. The summed E-state index contributed by atoms with van der Waals surface area (Å²) in [6.45, 7) is 4.28. The molecule has 1 aliphatic heterocycles. The lowest BCUT2D eigenvalue weighted by Gasteiger charge is -2.11. The minimum absolute atomic E-state index is 0.123. The summed E-state index contributed by atoms with van der Waals surface area (Å²) in [6, 6.07) is 5.75. The summed E-state index contributed by atoms with van der Waals surface area (Å²) in [5.41, 5.74) is 6.30. The van der Waals surface area contributed by atoms with Crippen molar-refractivity contribution < 1.29 is 32.7 Å². The standard InChI is InChI=1S/C23H23BrN4O2.C2HF3O2/c1-13-20(12-18-17-11-15(24)6-7-19(17)28-22(18)29)27-14(2)21(13)23(30)26-10-8-16-5-3-4-9-25-16;3-2(4,5)1(6)7/h3-5,7,9,11-12,15,27H,6,8,10H2,1-2H3,(H,26,30)(H,28,29);(H,6,7)/b18-12-;. The average Bonchev–Trinajstić information content (AvgIpc) is 3.28. The van der Waals surface area contributed by atoms with Gasteiger partial charge in [0.15, 0.2) is 0 Å². The first-order chi connectivity index (χ1) is 17.4. The first-order valence-corrected chi connectivity index (χ1v) is 12.1. The zero-order valence-corrected chi connectivity index (χ0v) is 21.5. The number of aromatic nitrogens is 2. The molecule has 2 aromatic rings. The van der Waals surface area contributed by atoms with Gasteiger partial charge in [0.2, 0.25) is 0 Å². The number of hydrogen-bond acceptors (Lipinski definition) is 4.